The second-order valence-electron chi connectivity index (χ2n) is 7.95. The molecule has 1 saturated heterocycles. The van der Waals surface area contributed by atoms with E-state index in [0.717, 1.165) is 6.07 Å². The Morgan fingerprint density at radius 1 is 1.32 bits per heavy atom. The van der Waals surface area contributed by atoms with Gasteiger partial charge in [-0.05, 0) is 38.3 Å². The summed E-state index contributed by atoms with van der Waals surface area (Å²) >= 11 is 0. The minimum absolute atomic E-state index is 0.0108. The summed E-state index contributed by atoms with van der Waals surface area (Å²) in [5.41, 5.74) is -0.228. The number of carbonyl (C=O) groups excluding carboxylic acids is 1. The molecule has 3 aromatic heterocycles. The van der Waals surface area contributed by atoms with Crippen molar-refractivity contribution in [2.75, 3.05) is 13.1 Å². The van der Waals surface area contributed by atoms with E-state index in [1.165, 1.54) is 0 Å². The lowest BCUT2D eigenvalue weighted by atomic mass is 9.90. The highest BCUT2D eigenvalue weighted by molar-refractivity contribution is 5.82. The average Bonchev–Trinajstić information content (AvgIpc) is 3.42. The number of hydrogen-bond acceptors (Lipinski definition) is 5. The van der Waals surface area contributed by atoms with Gasteiger partial charge in [0.25, 0.3) is 5.71 Å². The maximum absolute atomic E-state index is 13.7. The maximum atomic E-state index is 13.7. The van der Waals surface area contributed by atoms with Gasteiger partial charge in [0, 0.05) is 43.5 Å². The van der Waals surface area contributed by atoms with Gasteiger partial charge in [-0.15, -0.1) is 0 Å². The number of halogens is 3. The van der Waals surface area contributed by atoms with Gasteiger partial charge in [-0.3, -0.25) is 9.48 Å². The van der Waals surface area contributed by atoms with Gasteiger partial charge >= 0.3 is 6.18 Å². The topological polar surface area (TPSA) is 77.0 Å². The summed E-state index contributed by atoms with van der Waals surface area (Å²) in [7, 11) is 0. The Balaban J connectivity index is 1.49. The van der Waals surface area contributed by atoms with Crippen molar-refractivity contribution in [3.05, 3.63) is 41.5 Å². The van der Waals surface area contributed by atoms with Crippen molar-refractivity contribution in [2.24, 2.45) is 0 Å². The van der Waals surface area contributed by atoms with E-state index < -0.39 is 11.7 Å². The Kier molecular flexibility index (Phi) is 5.72. The lowest BCUT2D eigenvalue weighted by Crippen LogP contribution is -2.38. The van der Waals surface area contributed by atoms with E-state index in [4.69, 9.17) is 4.52 Å². The van der Waals surface area contributed by atoms with Crippen LogP contribution in [0.25, 0.3) is 11.1 Å². The molecule has 1 aliphatic rings. The number of aromatic nitrogens is 4. The van der Waals surface area contributed by atoms with Crippen LogP contribution in [0, 0.1) is 0 Å². The number of hydrogen-bond donors (Lipinski definition) is 0. The Labute approximate surface area is 177 Å². The molecule has 166 valence electrons. The third kappa shape index (κ3) is 4.28. The van der Waals surface area contributed by atoms with Crippen LogP contribution in [0.4, 0.5) is 13.2 Å². The molecule has 1 fully saturated rings. The van der Waals surface area contributed by atoms with E-state index in [0.29, 0.717) is 44.5 Å². The van der Waals surface area contributed by atoms with Crippen LogP contribution in [0.2, 0.25) is 0 Å². The Morgan fingerprint density at radius 3 is 2.68 bits per heavy atom. The van der Waals surface area contributed by atoms with Crippen molar-refractivity contribution in [3.8, 4) is 0 Å². The van der Waals surface area contributed by atoms with Crippen molar-refractivity contribution in [2.45, 2.75) is 57.7 Å². The number of fused-ring (bicyclic) bond motifs is 1. The lowest BCUT2D eigenvalue weighted by molar-refractivity contribution is -0.136. The molecule has 0 saturated carbocycles. The molecule has 31 heavy (non-hydrogen) atoms. The molecule has 1 atom stereocenters. The highest BCUT2D eigenvalue weighted by Gasteiger charge is 2.38. The molecule has 1 amide bonds. The fraction of sp³-hybridized carbons (Fsp3) is 0.524. The first-order valence-electron chi connectivity index (χ1n) is 10.4. The van der Waals surface area contributed by atoms with E-state index >= 15 is 0 Å². The molecule has 0 N–H and O–H groups in total. The number of alkyl halides is 3. The molecule has 0 aliphatic carbocycles. The highest BCUT2D eigenvalue weighted by atomic mass is 19.4. The SMILES string of the molecule is CCc1cc(C(F)(F)F)c2c(C3CCN(C(=O)CC(C)n4cccn4)CC3)noc2n1. The standard InChI is InChI=1S/C21H24F3N5O2/c1-3-15-12-16(21(22,23)24)18-19(27-31-20(18)26-15)14-5-9-28(10-6-14)17(30)11-13(2)29-8-4-7-25-29/h4,7-8,12-14H,3,5-6,9-11H2,1-2H3. The van der Waals surface area contributed by atoms with Gasteiger partial charge in [0.15, 0.2) is 0 Å². The van der Waals surface area contributed by atoms with Crippen LogP contribution in [0.3, 0.4) is 0 Å². The average molecular weight is 435 g/mol. The van der Waals surface area contributed by atoms with Crippen LogP contribution >= 0.6 is 0 Å². The third-order valence-corrected chi connectivity index (χ3v) is 5.87. The number of likely N-dealkylation sites (tertiary alicyclic amines) is 1. The molecule has 4 rings (SSSR count). The summed E-state index contributed by atoms with van der Waals surface area (Å²) in [5, 5.41) is 8.07. The van der Waals surface area contributed by atoms with Crippen molar-refractivity contribution in [3.63, 3.8) is 0 Å². The van der Waals surface area contributed by atoms with Gasteiger partial charge in [-0.25, -0.2) is 4.98 Å². The summed E-state index contributed by atoms with van der Waals surface area (Å²) in [5.74, 6) is -0.207. The molecule has 1 aliphatic heterocycles. The molecule has 7 nitrogen and oxygen atoms in total. The number of pyridine rings is 1. The first-order chi connectivity index (χ1) is 14.8. The number of amides is 1. The number of aryl methyl sites for hydroxylation is 1. The zero-order chi connectivity index (χ0) is 22.2. The fourth-order valence-corrected chi connectivity index (χ4v) is 4.13. The maximum Gasteiger partial charge on any atom is 0.417 e. The minimum Gasteiger partial charge on any atom is -0.343 e. The fourth-order valence-electron chi connectivity index (χ4n) is 4.13. The van der Waals surface area contributed by atoms with Crippen molar-refractivity contribution in [1.82, 2.24) is 24.8 Å². The second-order valence-corrected chi connectivity index (χ2v) is 7.95. The molecular formula is C21H24F3N5O2. The summed E-state index contributed by atoms with van der Waals surface area (Å²) < 4.78 is 48.1. The van der Waals surface area contributed by atoms with Crippen LogP contribution < -0.4 is 0 Å². The van der Waals surface area contributed by atoms with Crippen LogP contribution in [-0.4, -0.2) is 43.8 Å². The van der Waals surface area contributed by atoms with Crippen LogP contribution in [0.1, 0.15) is 62.0 Å². The molecule has 0 aromatic carbocycles. The summed E-state index contributed by atoms with van der Waals surface area (Å²) in [6, 6.07) is 2.83. The van der Waals surface area contributed by atoms with Crippen molar-refractivity contribution < 1.29 is 22.5 Å². The van der Waals surface area contributed by atoms with E-state index in [9.17, 15) is 18.0 Å². The van der Waals surface area contributed by atoms with Crippen molar-refractivity contribution in [1.29, 1.82) is 0 Å². The van der Waals surface area contributed by atoms with Crippen LogP contribution in [0.5, 0.6) is 0 Å². The number of carbonyl (C=O) groups is 1. The van der Waals surface area contributed by atoms with Gasteiger partial charge in [0.05, 0.1) is 22.7 Å². The number of nitrogens with zero attached hydrogens (tertiary/aromatic N) is 5. The monoisotopic (exact) mass is 435 g/mol. The van der Waals surface area contributed by atoms with E-state index in [2.05, 4.69) is 15.2 Å². The van der Waals surface area contributed by atoms with Gasteiger partial charge < -0.3 is 9.42 Å². The van der Waals surface area contributed by atoms with E-state index in [-0.39, 0.29) is 34.7 Å². The predicted molar refractivity (Wildman–Crippen MR) is 106 cm³/mol. The predicted octanol–water partition coefficient (Wildman–Crippen LogP) is 4.36. The largest absolute Gasteiger partial charge is 0.417 e. The summed E-state index contributed by atoms with van der Waals surface area (Å²) in [6.45, 7) is 4.60. The highest BCUT2D eigenvalue weighted by Crippen LogP contribution is 2.40. The van der Waals surface area contributed by atoms with E-state index in [1.807, 2.05) is 19.2 Å². The van der Waals surface area contributed by atoms with Gasteiger partial charge in [0.2, 0.25) is 5.91 Å². The molecule has 0 bridgehead atoms. The van der Waals surface area contributed by atoms with E-state index in [1.54, 1.807) is 22.7 Å². The molecule has 4 heterocycles. The molecule has 3 aromatic rings. The molecule has 1 unspecified atom stereocenters. The second kappa shape index (κ2) is 8.32. The first-order valence-corrected chi connectivity index (χ1v) is 10.4. The Hall–Kier alpha value is -2.91. The quantitative estimate of drug-likeness (QED) is 0.595. The van der Waals surface area contributed by atoms with Gasteiger partial charge in [-0.1, -0.05) is 12.1 Å². The Morgan fingerprint density at radius 2 is 2.06 bits per heavy atom. The number of rotatable bonds is 5. The smallest absolute Gasteiger partial charge is 0.343 e. The number of piperidine rings is 1. The molecular weight excluding hydrogens is 411 g/mol. The first kappa shape index (κ1) is 21.3. The van der Waals surface area contributed by atoms with Crippen LogP contribution in [0.15, 0.2) is 29.0 Å². The molecule has 10 heteroatoms. The minimum atomic E-state index is -4.52. The van der Waals surface area contributed by atoms with Gasteiger partial charge in [-0.2, -0.15) is 18.3 Å². The van der Waals surface area contributed by atoms with Crippen LogP contribution in [-0.2, 0) is 17.4 Å². The zero-order valence-corrected chi connectivity index (χ0v) is 17.4. The normalized spacial score (nSPS) is 16.7. The molecule has 0 spiro atoms. The molecule has 0 radical (unpaired) electrons. The lowest BCUT2D eigenvalue weighted by Gasteiger charge is -2.32. The van der Waals surface area contributed by atoms with Crippen molar-refractivity contribution >= 4 is 17.0 Å². The summed E-state index contributed by atoms with van der Waals surface area (Å²) in [4.78, 5) is 18.6. The summed E-state index contributed by atoms with van der Waals surface area (Å²) in [6.07, 6.45) is 0.698. The third-order valence-electron chi connectivity index (χ3n) is 5.87. The zero-order valence-electron chi connectivity index (χ0n) is 17.4. The Bertz CT molecular complexity index is 1050. The van der Waals surface area contributed by atoms with Gasteiger partial charge in [0.1, 0.15) is 0 Å².